The van der Waals surface area contributed by atoms with Crippen molar-refractivity contribution in [2.75, 3.05) is 0 Å². The van der Waals surface area contributed by atoms with Crippen molar-refractivity contribution in [2.45, 2.75) is 5.66 Å². The Kier molecular flexibility index (Phi) is 4.69. The van der Waals surface area contributed by atoms with E-state index < -0.39 is 5.66 Å². The van der Waals surface area contributed by atoms with E-state index >= 15 is 0 Å². The molecule has 0 radical (unpaired) electrons. The van der Waals surface area contributed by atoms with Crippen molar-refractivity contribution in [2.24, 2.45) is 9.98 Å². The van der Waals surface area contributed by atoms with Gasteiger partial charge in [-0.1, -0.05) is 47.5 Å². The Labute approximate surface area is 130 Å². The number of aliphatic imine (C=N–C) groups is 2. The SMILES string of the molecule is O=C=NC(N=C=O)(c1ccc(Cl)cc1)c1ccc(Cl)cc1. The minimum atomic E-state index is -1.54. The lowest BCUT2D eigenvalue weighted by Crippen LogP contribution is -2.22. The first kappa shape index (κ1) is 15.2. The number of benzene rings is 2. The van der Waals surface area contributed by atoms with E-state index in [1.54, 1.807) is 48.5 Å². The molecule has 0 saturated carbocycles. The molecule has 2 rings (SSSR count). The fourth-order valence-electron chi connectivity index (χ4n) is 1.95. The first-order valence-corrected chi connectivity index (χ1v) is 6.58. The summed E-state index contributed by atoms with van der Waals surface area (Å²) in [4.78, 5) is 29.1. The van der Waals surface area contributed by atoms with Gasteiger partial charge < -0.3 is 0 Å². The Morgan fingerprint density at radius 2 is 1.05 bits per heavy atom. The molecule has 0 N–H and O–H groups in total. The molecule has 0 saturated heterocycles. The van der Waals surface area contributed by atoms with E-state index in [0.717, 1.165) is 0 Å². The molecule has 0 atom stereocenters. The molecule has 6 heteroatoms. The molecule has 104 valence electrons. The molecule has 0 aliphatic carbocycles. The van der Waals surface area contributed by atoms with Gasteiger partial charge in [0.1, 0.15) is 0 Å². The van der Waals surface area contributed by atoms with Crippen LogP contribution < -0.4 is 0 Å². The molecular weight excluding hydrogens is 311 g/mol. The van der Waals surface area contributed by atoms with E-state index in [1.165, 1.54) is 12.2 Å². The van der Waals surface area contributed by atoms with Gasteiger partial charge in [-0.3, -0.25) is 0 Å². The average molecular weight is 319 g/mol. The zero-order chi connectivity index (χ0) is 15.3. The summed E-state index contributed by atoms with van der Waals surface area (Å²) in [6.45, 7) is 0. The molecular formula is C15H8Cl2N2O2. The third-order valence-corrected chi connectivity index (χ3v) is 3.41. The van der Waals surface area contributed by atoms with Crippen molar-refractivity contribution in [3.05, 3.63) is 69.7 Å². The molecule has 2 aromatic carbocycles. The number of hydrogen-bond acceptors (Lipinski definition) is 4. The molecule has 0 unspecified atom stereocenters. The predicted molar refractivity (Wildman–Crippen MR) is 79.9 cm³/mol. The Morgan fingerprint density at radius 3 is 1.33 bits per heavy atom. The first-order chi connectivity index (χ1) is 10.1. The molecule has 0 heterocycles. The van der Waals surface area contributed by atoms with Crippen molar-refractivity contribution in [3.8, 4) is 0 Å². The molecule has 0 fully saturated rings. The minimum absolute atomic E-state index is 0.487. The van der Waals surface area contributed by atoms with Gasteiger partial charge in [0.2, 0.25) is 17.8 Å². The van der Waals surface area contributed by atoms with Gasteiger partial charge in [-0.05, 0) is 24.3 Å². The van der Waals surface area contributed by atoms with Crippen LogP contribution in [0.5, 0.6) is 0 Å². The van der Waals surface area contributed by atoms with Gasteiger partial charge in [0.15, 0.2) is 0 Å². The third kappa shape index (κ3) is 3.10. The zero-order valence-electron chi connectivity index (χ0n) is 10.6. The maximum atomic E-state index is 10.8. The number of carbonyl (C=O) groups excluding carboxylic acids is 2. The smallest absolute Gasteiger partial charge is 0.211 e. The molecule has 21 heavy (non-hydrogen) atoms. The van der Waals surface area contributed by atoms with Gasteiger partial charge in [-0.2, -0.15) is 9.98 Å². The van der Waals surface area contributed by atoms with E-state index in [1.807, 2.05) is 0 Å². The molecule has 0 spiro atoms. The number of rotatable bonds is 4. The van der Waals surface area contributed by atoms with Gasteiger partial charge in [0.25, 0.3) is 0 Å². The van der Waals surface area contributed by atoms with Gasteiger partial charge in [-0.15, -0.1) is 0 Å². The van der Waals surface area contributed by atoms with Crippen molar-refractivity contribution in [3.63, 3.8) is 0 Å². The molecule has 0 aromatic heterocycles. The van der Waals surface area contributed by atoms with Crippen molar-refractivity contribution >= 4 is 35.4 Å². The summed E-state index contributed by atoms with van der Waals surface area (Å²) < 4.78 is 0. The van der Waals surface area contributed by atoms with E-state index in [4.69, 9.17) is 23.2 Å². The standard InChI is InChI=1S/C15H8Cl2N2O2/c16-13-5-1-11(2-6-13)15(18-9-20,19-10-21)12-3-7-14(17)8-4-12/h1-8H. The Balaban J connectivity index is 2.74. The van der Waals surface area contributed by atoms with Crippen LogP contribution in [0.1, 0.15) is 11.1 Å². The lowest BCUT2D eigenvalue weighted by molar-refractivity contribution is 0.516. The topological polar surface area (TPSA) is 58.9 Å². The highest BCUT2D eigenvalue weighted by molar-refractivity contribution is 6.30. The average Bonchev–Trinajstić information content (AvgIpc) is 2.48. The summed E-state index contributed by atoms with van der Waals surface area (Å²) >= 11 is 11.7. The number of hydrogen-bond donors (Lipinski definition) is 0. The van der Waals surface area contributed by atoms with E-state index in [0.29, 0.717) is 21.2 Å². The first-order valence-electron chi connectivity index (χ1n) is 5.82. The molecule has 0 amide bonds. The summed E-state index contributed by atoms with van der Waals surface area (Å²) in [7, 11) is 0. The number of halogens is 2. The van der Waals surface area contributed by atoms with Crippen LogP contribution in [0, 0.1) is 0 Å². The second-order valence-corrected chi connectivity index (χ2v) is 4.97. The predicted octanol–water partition coefficient (Wildman–Crippen LogP) is 3.87. The van der Waals surface area contributed by atoms with E-state index in [2.05, 4.69) is 9.98 Å². The molecule has 0 bridgehead atoms. The quantitative estimate of drug-likeness (QED) is 0.634. The largest absolute Gasteiger partial charge is 0.238 e. The van der Waals surface area contributed by atoms with Crippen LogP contribution in [0.15, 0.2) is 58.5 Å². The van der Waals surface area contributed by atoms with Crippen LogP contribution in [0.4, 0.5) is 0 Å². The zero-order valence-corrected chi connectivity index (χ0v) is 12.1. The van der Waals surface area contributed by atoms with Gasteiger partial charge in [0, 0.05) is 21.2 Å². The van der Waals surface area contributed by atoms with Gasteiger partial charge in [0.05, 0.1) is 0 Å². The van der Waals surface area contributed by atoms with Crippen LogP contribution in [0.25, 0.3) is 0 Å². The number of nitrogens with zero attached hydrogens (tertiary/aromatic N) is 2. The summed E-state index contributed by atoms with van der Waals surface area (Å²) in [5.41, 5.74) is -0.569. The second kappa shape index (κ2) is 6.49. The molecule has 0 aliphatic rings. The van der Waals surface area contributed by atoms with Crippen LogP contribution in [0.2, 0.25) is 10.0 Å². The lowest BCUT2D eigenvalue weighted by atomic mass is 9.92. The van der Waals surface area contributed by atoms with Gasteiger partial charge in [-0.25, -0.2) is 9.59 Å². The van der Waals surface area contributed by atoms with Crippen molar-refractivity contribution in [1.82, 2.24) is 0 Å². The van der Waals surface area contributed by atoms with Crippen molar-refractivity contribution in [1.29, 1.82) is 0 Å². The summed E-state index contributed by atoms with van der Waals surface area (Å²) in [5.74, 6) is 0. The highest BCUT2D eigenvalue weighted by Gasteiger charge is 2.34. The fraction of sp³-hybridized carbons (Fsp3) is 0.0667. The maximum absolute atomic E-state index is 10.8. The molecule has 0 aliphatic heterocycles. The summed E-state index contributed by atoms with van der Waals surface area (Å²) in [6.07, 6.45) is 2.91. The lowest BCUT2D eigenvalue weighted by Gasteiger charge is -2.23. The van der Waals surface area contributed by atoms with Crippen molar-refractivity contribution < 1.29 is 9.59 Å². The van der Waals surface area contributed by atoms with Crippen LogP contribution in [-0.4, -0.2) is 12.2 Å². The second-order valence-electron chi connectivity index (χ2n) is 4.09. The van der Waals surface area contributed by atoms with E-state index in [9.17, 15) is 9.59 Å². The highest BCUT2D eigenvalue weighted by atomic mass is 35.5. The molecule has 4 nitrogen and oxygen atoms in total. The monoisotopic (exact) mass is 318 g/mol. The molecule has 2 aromatic rings. The normalized spacial score (nSPS) is 10.4. The van der Waals surface area contributed by atoms with Crippen LogP contribution >= 0.6 is 23.2 Å². The van der Waals surface area contributed by atoms with E-state index in [-0.39, 0.29) is 0 Å². The summed E-state index contributed by atoms with van der Waals surface area (Å²) in [6, 6.07) is 12.9. The maximum Gasteiger partial charge on any atom is 0.238 e. The highest BCUT2D eigenvalue weighted by Crippen LogP contribution is 2.35. The van der Waals surface area contributed by atoms with Crippen LogP contribution in [-0.2, 0) is 15.3 Å². The Hall–Kier alpha value is -2.22. The Bertz CT molecular complexity index is 664. The summed E-state index contributed by atoms with van der Waals surface area (Å²) in [5, 5.41) is 1.02. The van der Waals surface area contributed by atoms with Crippen LogP contribution in [0.3, 0.4) is 0 Å². The van der Waals surface area contributed by atoms with Gasteiger partial charge >= 0.3 is 0 Å². The Morgan fingerprint density at radius 1 is 0.714 bits per heavy atom. The minimum Gasteiger partial charge on any atom is -0.211 e. The third-order valence-electron chi connectivity index (χ3n) is 2.91. The fourth-order valence-corrected chi connectivity index (χ4v) is 2.20. The number of isocyanates is 2.